The minimum atomic E-state index is -0.710. The summed E-state index contributed by atoms with van der Waals surface area (Å²) in [5.41, 5.74) is 5.34. The summed E-state index contributed by atoms with van der Waals surface area (Å²) >= 11 is 1.96. The van der Waals surface area contributed by atoms with Gasteiger partial charge in [0.15, 0.2) is 0 Å². The van der Waals surface area contributed by atoms with Crippen molar-refractivity contribution in [2.45, 2.75) is 69.7 Å². The van der Waals surface area contributed by atoms with Crippen molar-refractivity contribution in [2.75, 3.05) is 5.75 Å². The first-order valence-corrected chi connectivity index (χ1v) is 7.77. The summed E-state index contributed by atoms with van der Waals surface area (Å²) in [4.78, 5) is 12.1. The average Bonchev–Trinajstić information content (AvgIpc) is 2.66. The number of thioether (sulfide) groups is 1. The highest BCUT2D eigenvalue weighted by Crippen LogP contribution is 2.30. The Morgan fingerprint density at radius 2 is 2.11 bits per heavy atom. The van der Waals surface area contributed by atoms with Crippen molar-refractivity contribution in [3.05, 3.63) is 0 Å². The third kappa shape index (κ3) is 4.98. The molecule has 0 heterocycles. The Labute approximate surface area is 121 Å². The first-order chi connectivity index (χ1) is 8.01. The van der Waals surface area contributed by atoms with E-state index in [-0.39, 0.29) is 18.3 Å². The smallest absolute Gasteiger partial charge is 0.240 e. The van der Waals surface area contributed by atoms with Crippen LogP contribution in [0.2, 0.25) is 0 Å². The van der Waals surface area contributed by atoms with Crippen LogP contribution in [0.3, 0.4) is 0 Å². The molecule has 1 fully saturated rings. The van der Waals surface area contributed by atoms with Crippen LogP contribution in [0, 0.1) is 0 Å². The molecule has 3 unspecified atom stereocenters. The molecule has 1 rings (SSSR count). The summed E-state index contributed by atoms with van der Waals surface area (Å²) in [6.45, 7) is 6.07. The monoisotopic (exact) mass is 294 g/mol. The number of rotatable bonds is 6. The van der Waals surface area contributed by atoms with Crippen molar-refractivity contribution in [2.24, 2.45) is 5.73 Å². The normalized spacial score (nSPS) is 26.2. The van der Waals surface area contributed by atoms with Crippen LogP contribution >= 0.6 is 24.2 Å². The van der Waals surface area contributed by atoms with E-state index in [0.29, 0.717) is 11.3 Å². The Kier molecular flexibility index (Phi) is 8.31. The summed E-state index contributed by atoms with van der Waals surface area (Å²) in [5.74, 6) is 1.14. The summed E-state index contributed by atoms with van der Waals surface area (Å²) in [5, 5.41) is 3.74. The lowest BCUT2D eigenvalue weighted by Crippen LogP contribution is -2.55. The van der Waals surface area contributed by atoms with Gasteiger partial charge in [-0.05, 0) is 31.9 Å². The van der Waals surface area contributed by atoms with E-state index >= 15 is 0 Å². The van der Waals surface area contributed by atoms with E-state index in [1.165, 1.54) is 12.8 Å². The fraction of sp³-hybridized carbons (Fsp3) is 0.923. The Hall–Kier alpha value is 0.0700. The van der Waals surface area contributed by atoms with E-state index in [2.05, 4.69) is 19.2 Å². The topological polar surface area (TPSA) is 55.1 Å². The first-order valence-electron chi connectivity index (χ1n) is 6.72. The molecule has 0 spiro atoms. The van der Waals surface area contributed by atoms with Gasteiger partial charge in [0, 0.05) is 11.3 Å². The molecule has 0 radical (unpaired) electrons. The zero-order chi connectivity index (χ0) is 12.9. The molecule has 1 amide bonds. The van der Waals surface area contributed by atoms with E-state index < -0.39 is 5.54 Å². The minimum Gasteiger partial charge on any atom is -0.351 e. The first kappa shape index (κ1) is 18.1. The van der Waals surface area contributed by atoms with Crippen LogP contribution < -0.4 is 11.1 Å². The van der Waals surface area contributed by atoms with Crippen LogP contribution in [-0.4, -0.2) is 28.5 Å². The fourth-order valence-corrected chi connectivity index (χ4v) is 3.67. The van der Waals surface area contributed by atoms with Crippen LogP contribution in [0.1, 0.15) is 52.9 Å². The molecule has 5 heteroatoms. The van der Waals surface area contributed by atoms with Crippen LogP contribution in [-0.2, 0) is 4.79 Å². The standard InChI is InChI=1S/C13H26N2OS.ClH/c1-4-9-13(3,14)12(16)15-10-7-6-8-11(10)17-5-2;/h10-11H,4-9,14H2,1-3H3,(H,15,16);1H. The average molecular weight is 295 g/mol. The van der Waals surface area contributed by atoms with Gasteiger partial charge >= 0.3 is 0 Å². The van der Waals surface area contributed by atoms with Crippen LogP contribution in [0.5, 0.6) is 0 Å². The quantitative estimate of drug-likeness (QED) is 0.792. The van der Waals surface area contributed by atoms with Gasteiger partial charge in [-0.2, -0.15) is 11.8 Å². The molecule has 0 aromatic carbocycles. The molecule has 0 saturated heterocycles. The van der Waals surface area contributed by atoms with Gasteiger partial charge in [0.2, 0.25) is 5.91 Å². The van der Waals surface area contributed by atoms with Gasteiger partial charge in [-0.1, -0.05) is 26.7 Å². The summed E-state index contributed by atoms with van der Waals surface area (Å²) in [6, 6.07) is 0.326. The van der Waals surface area contributed by atoms with Gasteiger partial charge < -0.3 is 11.1 Å². The van der Waals surface area contributed by atoms with E-state index in [0.717, 1.165) is 25.0 Å². The van der Waals surface area contributed by atoms with Gasteiger partial charge in [-0.3, -0.25) is 4.79 Å². The molecule has 0 bridgehead atoms. The zero-order valence-corrected chi connectivity index (χ0v) is 13.3. The number of hydrogen-bond acceptors (Lipinski definition) is 3. The maximum absolute atomic E-state index is 12.1. The summed E-state index contributed by atoms with van der Waals surface area (Å²) in [7, 11) is 0. The molecular weight excluding hydrogens is 268 g/mol. The summed E-state index contributed by atoms with van der Waals surface area (Å²) in [6.07, 6.45) is 5.23. The molecule has 0 aromatic rings. The SMILES string of the molecule is CCCC(C)(N)C(=O)NC1CCCC1SCC.Cl. The van der Waals surface area contributed by atoms with Crippen molar-refractivity contribution >= 4 is 30.1 Å². The number of halogens is 1. The van der Waals surface area contributed by atoms with Crippen molar-refractivity contribution in [3.8, 4) is 0 Å². The lowest BCUT2D eigenvalue weighted by Gasteiger charge is -2.27. The highest BCUT2D eigenvalue weighted by atomic mass is 35.5. The van der Waals surface area contributed by atoms with Crippen LogP contribution in [0.25, 0.3) is 0 Å². The maximum atomic E-state index is 12.1. The molecule has 3 atom stereocenters. The zero-order valence-electron chi connectivity index (χ0n) is 11.7. The molecule has 3 nitrogen and oxygen atoms in total. The van der Waals surface area contributed by atoms with Crippen molar-refractivity contribution < 1.29 is 4.79 Å². The molecular formula is C13H27ClN2OS. The van der Waals surface area contributed by atoms with Gasteiger partial charge in [-0.15, -0.1) is 12.4 Å². The van der Waals surface area contributed by atoms with Gasteiger partial charge in [0.05, 0.1) is 5.54 Å². The molecule has 108 valence electrons. The second-order valence-electron chi connectivity index (χ2n) is 5.17. The van der Waals surface area contributed by atoms with Crippen LogP contribution in [0.15, 0.2) is 0 Å². The third-order valence-corrected chi connectivity index (χ3v) is 4.76. The molecule has 0 aliphatic heterocycles. The molecule has 1 aliphatic carbocycles. The highest BCUT2D eigenvalue weighted by Gasteiger charge is 2.33. The molecule has 18 heavy (non-hydrogen) atoms. The Morgan fingerprint density at radius 1 is 1.44 bits per heavy atom. The molecule has 3 N–H and O–H groups in total. The Morgan fingerprint density at radius 3 is 2.67 bits per heavy atom. The number of carbonyl (C=O) groups excluding carboxylic acids is 1. The minimum absolute atomic E-state index is 0. The summed E-state index contributed by atoms with van der Waals surface area (Å²) < 4.78 is 0. The molecule has 1 aliphatic rings. The lowest BCUT2D eigenvalue weighted by molar-refractivity contribution is -0.126. The second-order valence-corrected chi connectivity index (χ2v) is 6.69. The van der Waals surface area contributed by atoms with Crippen LogP contribution in [0.4, 0.5) is 0 Å². The maximum Gasteiger partial charge on any atom is 0.240 e. The van der Waals surface area contributed by atoms with E-state index in [4.69, 9.17) is 5.73 Å². The van der Waals surface area contributed by atoms with E-state index in [1.54, 1.807) is 0 Å². The largest absolute Gasteiger partial charge is 0.351 e. The van der Waals surface area contributed by atoms with Gasteiger partial charge in [0.1, 0.15) is 0 Å². The van der Waals surface area contributed by atoms with Gasteiger partial charge in [-0.25, -0.2) is 0 Å². The molecule has 1 saturated carbocycles. The number of hydrogen-bond donors (Lipinski definition) is 2. The third-order valence-electron chi connectivity index (χ3n) is 3.44. The fourth-order valence-electron chi connectivity index (χ4n) is 2.47. The van der Waals surface area contributed by atoms with E-state index in [1.807, 2.05) is 18.7 Å². The Bertz CT molecular complexity index is 261. The van der Waals surface area contributed by atoms with Crippen molar-refractivity contribution in [3.63, 3.8) is 0 Å². The predicted octanol–water partition coefficient (Wildman–Crippen LogP) is 2.72. The highest BCUT2D eigenvalue weighted by molar-refractivity contribution is 7.99. The molecule has 0 aromatic heterocycles. The van der Waals surface area contributed by atoms with Crippen molar-refractivity contribution in [1.82, 2.24) is 5.32 Å². The van der Waals surface area contributed by atoms with E-state index in [9.17, 15) is 4.79 Å². The lowest BCUT2D eigenvalue weighted by atomic mass is 9.96. The second kappa shape index (κ2) is 8.28. The number of amides is 1. The predicted molar refractivity (Wildman–Crippen MR) is 82.5 cm³/mol. The van der Waals surface area contributed by atoms with Gasteiger partial charge in [0.25, 0.3) is 0 Å². The number of nitrogens with one attached hydrogen (secondary N) is 1. The number of nitrogens with two attached hydrogens (primary N) is 1. The number of carbonyl (C=O) groups is 1. The Balaban J connectivity index is 0.00000289. The van der Waals surface area contributed by atoms with Crippen molar-refractivity contribution in [1.29, 1.82) is 0 Å².